The van der Waals surface area contributed by atoms with Gasteiger partial charge in [-0.05, 0) is 50.9 Å². The van der Waals surface area contributed by atoms with Crippen LogP contribution in [-0.4, -0.2) is 42.4 Å². The van der Waals surface area contributed by atoms with Gasteiger partial charge < -0.3 is 14.6 Å². The highest BCUT2D eigenvalue weighted by molar-refractivity contribution is 5.41. The molecule has 1 fully saturated rings. The number of benzene rings is 1. The summed E-state index contributed by atoms with van der Waals surface area (Å²) in [4.78, 5) is 2.41. The van der Waals surface area contributed by atoms with Gasteiger partial charge in [-0.15, -0.1) is 0 Å². The molecule has 0 amide bonds. The molecule has 1 saturated heterocycles. The van der Waals surface area contributed by atoms with Crippen molar-refractivity contribution in [1.82, 2.24) is 4.90 Å². The van der Waals surface area contributed by atoms with Gasteiger partial charge in [0.05, 0.1) is 12.7 Å². The summed E-state index contributed by atoms with van der Waals surface area (Å²) >= 11 is 0. The van der Waals surface area contributed by atoms with E-state index < -0.39 is 0 Å². The Labute approximate surface area is 121 Å². The molecule has 2 rings (SSSR count). The van der Waals surface area contributed by atoms with Crippen LogP contribution in [0.4, 0.5) is 0 Å². The number of rotatable bonds is 6. The smallest absolute Gasteiger partial charge is 0.161 e. The molecule has 1 atom stereocenters. The second kappa shape index (κ2) is 7.50. The van der Waals surface area contributed by atoms with Crippen molar-refractivity contribution >= 4 is 0 Å². The minimum Gasteiger partial charge on any atom is -0.504 e. The normalized spacial score (nSPS) is 20.0. The summed E-state index contributed by atoms with van der Waals surface area (Å²) < 4.78 is 11.2. The molecule has 1 heterocycles. The number of hydrogen-bond donors (Lipinski definition) is 1. The second-order valence-electron chi connectivity index (χ2n) is 5.19. The van der Waals surface area contributed by atoms with Gasteiger partial charge in [-0.25, -0.2) is 0 Å². The van der Waals surface area contributed by atoms with Gasteiger partial charge in [0.25, 0.3) is 0 Å². The van der Waals surface area contributed by atoms with Crippen molar-refractivity contribution in [2.45, 2.75) is 39.3 Å². The Kier molecular flexibility index (Phi) is 5.68. The highest BCUT2D eigenvalue weighted by atomic mass is 16.5. The van der Waals surface area contributed by atoms with Crippen molar-refractivity contribution in [3.05, 3.63) is 23.8 Å². The van der Waals surface area contributed by atoms with Gasteiger partial charge in [-0.3, -0.25) is 4.90 Å². The lowest BCUT2D eigenvalue weighted by atomic mass is 10.1. The van der Waals surface area contributed by atoms with Crippen LogP contribution < -0.4 is 4.74 Å². The minimum absolute atomic E-state index is 0.210. The molecule has 0 aromatic heterocycles. The van der Waals surface area contributed by atoms with E-state index in [2.05, 4.69) is 4.90 Å². The van der Waals surface area contributed by atoms with Crippen molar-refractivity contribution in [2.24, 2.45) is 0 Å². The molecule has 1 aliphatic rings. The van der Waals surface area contributed by atoms with Crippen molar-refractivity contribution in [2.75, 3.05) is 26.3 Å². The topological polar surface area (TPSA) is 41.9 Å². The quantitative estimate of drug-likeness (QED) is 0.869. The molecule has 0 bridgehead atoms. The van der Waals surface area contributed by atoms with E-state index in [1.807, 2.05) is 26.0 Å². The lowest BCUT2D eigenvalue weighted by Crippen LogP contribution is -2.39. The molecule has 0 aliphatic carbocycles. The van der Waals surface area contributed by atoms with E-state index in [-0.39, 0.29) is 5.75 Å². The summed E-state index contributed by atoms with van der Waals surface area (Å²) in [5.74, 6) is 0.782. The Bertz CT molecular complexity index is 420. The maximum absolute atomic E-state index is 9.73. The van der Waals surface area contributed by atoms with E-state index in [1.165, 1.54) is 12.0 Å². The zero-order chi connectivity index (χ0) is 14.4. The van der Waals surface area contributed by atoms with E-state index in [1.54, 1.807) is 6.07 Å². The van der Waals surface area contributed by atoms with Crippen LogP contribution in [0.2, 0.25) is 0 Å². The van der Waals surface area contributed by atoms with Gasteiger partial charge >= 0.3 is 0 Å². The van der Waals surface area contributed by atoms with Crippen LogP contribution >= 0.6 is 0 Å². The van der Waals surface area contributed by atoms with Crippen LogP contribution in [0.25, 0.3) is 0 Å². The number of likely N-dealkylation sites (tertiary alicyclic amines) is 1. The van der Waals surface area contributed by atoms with Gasteiger partial charge in [0.2, 0.25) is 0 Å². The molecule has 0 spiro atoms. The maximum atomic E-state index is 9.73. The second-order valence-corrected chi connectivity index (χ2v) is 5.19. The molecule has 1 unspecified atom stereocenters. The third-order valence-electron chi connectivity index (χ3n) is 3.59. The summed E-state index contributed by atoms with van der Waals surface area (Å²) in [6.07, 6.45) is 2.70. The average Bonchev–Trinajstić information content (AvgIpc) is 2.44. The Hall–Kier alpha value is -1.26. The number of piperidine rings is 1. The van der Waals surface area contributed by atoms with E-state index in [0.717, 1.165) is 32.7 Å². The molecule has 1 aromatic rings. The SMILES string of the molecule is CCOc1cc(CN2CCCC(OCC)C2)ccc1O. The van der Waals surface area contributed by atoms with E-state index in [4.69, 9.17) is 9.47 Å². The summed E-state index contributed by atoms with van der Waals surface area (Å²) in [6.45, 7) is 8.28. The molecule has 4 heteroatoms. The van der Waals surface area contributed by atoms with Gasteiger partial charge in [0.15, 0.2) is 11.5 Å². The first-order valence-corrected chi connectivity index (χ1v) is 7.51. The van der Waals surface area contributed by atoms with Gasteiger partial charge in [-0.2, -0.15) is 0 Å². The van der Waals surface area contributed by atoms with Gasteiger partial charge in [-0.1, -0.05) is 6.07 Å². The number of nitrogens with zero attached hydrogens (tertiary/aromatic N) is 1. The van der Waals surface area contributed by atoms with Crippen molar-refractivity contribution in [3.63, 3.8) is 0 Å². The summed E-state index contributed by atoms with van der Waals surface area (Å²) in [5, 5.41) is 9.73. The van der Waals surface area contributed by atoms with Gasteiger partial charge in [0.1, 0.15) is 0 Å². The van der Waals surface area contributed by atoms with Crippen LogP contribution in [0.15, 0.2) is 18.2 Å². The fraction of sp³-hybridized carbons (Fsp3) is 0.625. The first kappa shape index (κ1) is 15.1. The highest BCUT2D eigenvalue weighted by Gasteiger charge is 2.20. The summed E-state index contributed by atoms with van der Waals surface area (Å²) in [5.41, 5.74) is 1.17. The number of aromatic hydroxyl groups is 1. The summed E-state index contributed by atoms with van der Waals surface area (Å²) in [7, 11) is 0. The fourth-order valence-corrected chi connectivity index (χ4v) is 2.71. The molecule has 112 valence electrons. The molecule has 0 saturated carbocycles. The molecular formula is C16H25NO3. The Morgan fingerprint density at radius 3 is 2.90 bits per heavy atom. The maximum Gasteiger partial charge on any atom is 0.161 e. The Balaban J connectivity index is 1.96. The lowest BCUT2D eigenvalue weighted by molar-refractivity contribution is 0.00361. The van der Waals surface area contributed by atoms with Crippen LogP contribution in [-0.2, 0) is 11.3 Å². The zero-order valence-corrected chi connectivity index (χ0v) is 12.5. The first-order valence-electron chi connectivity index (χ1n) is 7.51. The summed E-state index contributed by atoms with van der Waals surface area (Å²) in [6, 6.07) is 5.61. The number of hydrogen-bond acceptors (Lipinski definition) is 4. The molecule has 4 nitrogen and oxygen atoms in total. The standard InChI is InChI=1S/C16H25NO3/c1-3-19-14-6-5-9-17(12-14)11-13-7-8-15(18)16(10-13)20-4-2/h7-8,10,14,18H,3-6,9,11-12H2,1-2H3. The predicted octanol–water partition coefficient (Wildman–Crippen LogP) is 2.79. The third-order valence-corrected chi connectivity index (χ3v) is 3.59. The molecule has 0 radical (unpaired) electrons. The number of phenols is 1. The van der Waals surface area contributed by atoms with Crippen LogP contribution in [0.1, 0.15) is 32.3 Å². The van der Waals surface area contributed by atoms with Crippen molar-refractivity contribution in [3.8, 4) is 11.5 Å². The Morgan fingerprint density at radius 2 is 2.15 bits per heavy atom. The molecule has 20 heavy (non-hydrogen) atoms. The van der Waals surface area contributed by atoms with E-state index in [9.17, 15) is 5.11 Å². The van der Waals surface area contributed by atoms with Crippen LogP contribution in [0.5, 0.6) is 11.5 Å². The molecule has 1 aliphatic heterocycles. The highest BCUT2D eigenvalue weighted by Crippen LogP contribution is 2.27. The lowest BCUT2D eigenvalue weighted by Gasteiger charge is -2.32. The first-order chi connectivity index (χ1) is 9.72. The monoisotopic (exact) mass is 279 g/mol. The Morgan fingerprint density at radius 1 is 1.30 bits per heavy atom. The number of ether oxygens (including phenoxy) is 2. The van der Waals surface area contributed by atoms with E-state index in [0.29, 0.717) is 18.5 Å². The third kappa shape index (κ3) is 4.12. The molecule has 1 N–H and O–H groups in total. The zero-order valence-electron chi connectivity index (χ0n) is 12.5. The van der Waals surface area contributed by atoms with Crippen molar-refractivity contribution in [1.29, 1.82) is 0 Å². The number of phenolic OH excluding ortho intramolecular Hbond substituents is 1. The van der Waals surface area contributed by atoms with E-state index >= 15 is 0 Å². The van der Waals surface area contributed by atoms with Crippen LogP contribution in [0.3, 0.4) is 0 Å². The fourth-order valence-electron chi connectivity index (χ4n) is 2.71. The molecular weight excluding hydrogens is 254 g/mol. The van der Waals surface area contributed by atoms with Crippen LogP contribution in [0, 0.1) is 0 Å². The predicted molar refractivity (Wildman–Crippen MR) is 79.2 cm³/mol. The minimum atomic E-state index is 0.210. The largest absolute Gasteiger partial charge is 0.504 e. The average molecular weight is 279 g/mol. The van der Waals surface area contributed by atoms with Gasteiger partial charge in [0, 0.05) is 19.7 Å². The van der Waals surface area contributed by atoms with Crippen molar-refractivity contribution < 1.29 is 14.6 Å². The molecule has 1 aromatic carbocycles.